The molecule has 8 nitrogen and oxygen atoms in total. The molecule has 0 aromatic heterocycles. The average molecular weight is 314 g/mol. The van der Waals surface area contributed by atoms with Gasteiger partial charge in [-0.15, -0.1) is 0 Å². The van der Waals surface area contributed by atoms with E-state index >= 15 is 0 Å². The Bertz CT molecular complexity index is 672. The highest BCUT2D eigenvalue weighted by molar-refractivity contribution is 7.89. The number of benzene rings is 1. The molecule has 0 N–H and O–H groups in total. The molecule has 1 heterocycles. The van der Waals surface area contributed by atoms with E-state index in [9.17, 15) is 23.3 Å². The third kappa shape index (κ3) is 2.88. The van der Waals surface area contributed by atoms with Gasteiger partial charge >= 0.3 is 5.97 Å². The van der Waals surface area contributed by atoms with Gasteiger partial charge in [-0.2, -0.15) is 4.31 Å². The van der Waals surface area contributed by atoms with Crippen LogP contribution < -0.4 is 0 Å². The van der Waals surface area contributed by atoms with E-state index in [1.165, 1.54) is 25.3 Å². The number of carbonyl (C=O) groups excluding carboxylic acids is 1. The number of sulfonamides is 1. The molecule has 1 aromatic carbocycles. The van der Waals surface area contributed by atoms with Crippen LogP contribution >= 0.6 is 0 Å². The van der Waals surface area contributed by atoms with Crippen LogP contribution in [0.25, 0.3) is 0 Å². The smallest absolute Gasteiger partial charge is 0.324 e. The fourth-order valence-electron chi connectivity index (χ4n) is 2.29. The lowest BCUT2D eigenvalue weighted by atomic mass is 10.2. The lowest BCUT2D eigenvalue weighted by Crippen LogP contribution is -2.41. The molecule has 1 unspecified atom stereocenters. The first kappa shape index (κ1) is 15.4. The van der Waals surface area contributed by atoms with Gasteiger partial charge in [-0.3, -0.25) is 14.9 Å². The lowest BCUT2D eigenvalue weighted by molar-refractivity contribution is -0.385. The zero-order valence-corrected chi connectivity index (χ0v) is 12.1. The third-order valence-corrected chi connectivity index (χ3v) is 5.22. The van der Waals surface area contributed by atoms with Crippen LogP contribution in [0.1, 0.15) is 12.8 Å². The van der Waals surface area contributed by atoms with Crippen LogP contribution in [0.15, 0.2) is 29.2 Å². The molecule has 0 spiro atoms. The molecule has 114 valence electrons. The molecule has 0 aliphatic carbocycles. The van der Waals surface area contributed by atoms with Gasteiger partial charge in [-0.05, 0) is 18.9 Å². The van der Waals surface area contributed by atoms with Gasteiger partial charge in [0, 0.05) is 18.7 Å². The minimum atomic E-state index is -3.97. The molecule has 21 heavy (non-hydrogen) atoms. The molecule has 1 aliphatic rings. The second-order valence-electron chi connectivity index (χ2n) is 4.55. The van der Waals surface area contributed by atoms with E-state index in [2.05, 4.69) is 4.74 Å². The van der Waals surface area contributed by atoms with Crippen molar-refractivity contribution in [3.8, 4) is 0 Å². The predicted octanol–water partition coefficient (Wildman–Crippen LogP) is 0.921. The van der Waals surface area contributed by atoms with Gasteiger partial charge in [-0.25, -0.2) is 8.42 Å². The number of non-ortho nitro benzene ring substituents is 1. The predicted molar refractivity (Wildman–Crippen MR) is 72.0 cm³/mol. The van der Waals surface area contributed by atoms with Gasteiger partial charge < -0.3 is 4.74 Å². The molecule has 0 amide bonds. The first-order valence-corrected chi connectivity index (χ1v) is 7.66. The monoisotopic (exact) mass is 314 g/mol. The maximum Gasteiger partial charge on any atom is 0.324 e. The number of nitrogens with zero attached hydrogens (tertiary/aromatic N) is 2. The molecule has 1 aliphatic heterocycles. The van der Waals surface area contributed by atoms with Crippen molar-refractivity contribution in [3.05, 3.63) is 34.4 Å². The Balaban J connectivity index is 2.40. The van der Waals surface area contributed by atoms with E-state index in [1.807, 2.05) is 0 Å². The van der Waals surface area contributed by atoms with E-state index in [4.69, 9.17) is 0 Å². The van der Waals surface area contributed by atoms with Gasteiger partial charge in [0.15, 0.2) is 0 Å². The Labute approximate surface area is 121 Å². The number of methoxy groups -OCH3 is 1. The Morgan fingerprint density at radius 3 is 2.81 bits per heavy atom. The van der Waals surface area contributed by atoms with Crippen LogP contribution in [0.5, 0.6) is 0 Å². The summed E-state index contributed by atoms with van der Waals surface area (Å²) in [7, 11) is -2.78. The molecular weight excluding hydrogens is 300 g/mol. The number of esters is 1. The van der Waals surface area contributed by atoms with Crippen molar-refractivity contribution >= 4 is 21.7 Å². The number of hydrogen-bond acceptors (Lipinski definition) is 6. The van der Waals surface area contributed by atoms with Crippen molar-refractivity contribution in [1.29, 1.82) is 0 Å². The van der Waals surface area contributed by atoms with Crippen molar-refractivity contribution in [3.63, 3.8) is 0 Å². The molecule has 1 atom stereocenters. The first-order valence-electron chi connectivity index (χ1n) is 6.22. The average Bonchev–Trinajstić information content (AvgIpc) is 2.96. The Kier molecular flexibility index (Phi) is 4.24. The van der Waals surface area contributed by atoms with Crippen LogP contribution in [0, 0.1) is 10.1 Å². The highest BCUT2D eigenvalue weighted by atomic mass is 32.2. The van der Waals surface area contributed by atoms with E-state index in [0.717, 1.165) is 10.4 Å². The van der Waals surface area contributed by atoms with Crippen LogP contribution in [0.2, 0.25) is 0 Å². The fourth-order valence-corrected chi connectivity index (χ4v) is 3.98. The van der Waals surface area contributed by atoms with E-state index in [0.29, 0.717) is 12.8 Å². The summed E-state index contributed by atoms with van der Waals surface area (Å²) >= 11 is 0. The molecule has 1 saturated heterocycles. The summed E-state index contributed by atoms with van der Waals surface area (Å²) < 4.78 is 30.7. The lowest BCUT2D eigenvalue weighted by Gasteiger charge is -2.21. The number of nitro groups is 1. The molecule has 1 aromatic rings. The van der Waals surface area contributed by atoms with E-state index in [-0.39, 0.29) is 17.1 Å². The largest absolute Gasteiger partial charge is 0.468 e. The molecule has 0 bridgehead atoms. The van der Waals surface area contributed by atoms with Crippen LogP contribution in [0.4, 0.5) is 5.69 Å². The first-order chi connectivity index (χ1) is 9.87. The van der Waals surface area contributed by atoms with Crippen molar-refractivity contribution < 1.29 is 22.9 Å². The minimum absolute atomic E-state index is 0.185. The molecule has 9 heteroatoms. The number of ether oxygens (including phenoxy) is 1. The van der Waals surface area contributed by atoms with Crippen LogP contribution in [-0.4, -0.2) is 43.3 Å². The standard InChI is InChI=1S/C12H14N2O6S/c1-20-12(15)11-6-3-7-13(11)21(18,19)10-5-2-4-9(8-10)14(16)17/h2,4-5,8,11H,3,6-7H2,1H3. The minimum Gasteiger partial charge on any atom is -0.468 e. The molecule has 0 radical (unpaired) electrons. The Morgan fingerprint density at radius 2 is 2.19 bits per heavy atom. The highest BCUT2D eigenvalue weighted by Crippen LogP contribution is 2.28. The van der Waals surface area contributed by atoms with Gasteiger partial charge in [0.1, 0.15) is 6.04 Å². The summed E-state index contributed by atoms with van der Waals surface area (Å²) in [6, 6.07) is 3.89. The summed E-state index contributed by atoms with van der Waals surface area (Å²) in [5, 5.41) is 10.7. The van der Waals surface area contributed by atoms with E-state index in [1.54, 1.807) is 0 Å². The summed E-state index contributed by atoms with van der Waals surface area (Å²) in [5.74, 6) is -0.624. The summed E-state index contributed by atoms with van der Waals surface area (Å²) in [4.78, 5) is 21.5. The SMILES string of the molecule is COC(=O)C1CCCN1S(=O)(=O)c1cccc([N+](=O)[O-])c1. The topological polar surface area (TPSA) is 107 Å². The van der Waals surface area contributed by atoms with Gasteiger partial charge in [0.05, 0.1) is 16.9 Å². The van der Waals surface area contributed by atoms with E-state index < -0.39 is 27.0 Å². The summed E-state index contributed by atoms with van der Waals surface area (Å²) in [6.45, 7) is 0.185. The third-order valence-electron chi connectivity index (χ3n) is 3.31. The highest BCUT2D eigenvalue weighted by Gasteiger charge is 2.40. The molecular formula is C12H14N2O6S. The quantitative estimate of drug-likeness (QED) is 0.464. The zero-order valence-electron chi connectivity index (χ0n) is 11.3. The van der Waals surface area contributed by atoms with Crippen LogP contribution in [-0.2, 0) is 19.6 Å². The van der Waals surface area contributed by atoms with Gasteiger partial charge in [-0.1, -0.05) is 6.07 Å². The van der Waals surface area contributed by atoms with Crippen molar-refractivity contribution in [1.82, 2.24) is 4.31 Å². The number of hydrogen-bond donors (Lipinski definition) is 0. The zero-order chi connectivity index (χ0) is 15.6. The summed E-state index contributed by atoms with van der Waals surface area (Å²) in [6.07, 6.45) is 0.911. The maximum absolute atomic E-state index is 12.5. The number of carbonyl (C=O) groups is 1. The number of rotatable bonds is 4. The summed E-state index contributed by atoms with van der Waals surface area (Å²) in [5.41, 5.74) is -0.315. The van der Waals surface area contributed by atoms with Crippen LogP contribution in [0.3, 0.4) is 0 Å². The molecule has 0 saturated carbocycles. The van der Waals surface area contributed by atoms with Gasteiger partial charge in [0.2, 0.25) is 10.0 Å². The maximum atomic E-state index is 12.5. The normalized spacial score (nSPS) is 19.4. The molecule has 2 rings (SSSR count). The van der Waals surface area contributed by atoms with Crippen molar-refractivity contribution in [2.75, 3.05) is 13.7 Å². The fraction of sp³-hybridized carbons (Fsp3) is 0.417. The second kappa shape index (κ2) is 5.78. The Hall–Kier alpha value is -2.00. The van der Waals surface area contributed by atoms with Crippen molar-refractivity contribution in [2.45, 2.75) is 23.8 Å². The van der Waals surface area contributed by atoms with Crippen molar-refractivity contribution in [2.24, 2.45) is 0 Å². The second-order valence-corrected chi connectivity index (χ2v) is 6.44. The Morgan fingerprint density at radius 1 is 1.48 bits per heavy atom. The number of nitro benzene ring substituents is 1. The van der Waals surface area contributed by atoms with Gasteiger partial charge in [0.25, 0.3) is 5.69 Å². The molecule has 1 fully saturated rings.